The Bertz CT molecular complexity index is 531. The lowest BCUT2D eigenvalue weighted by molar-refractivity contribution is -0.121. The van der Waals surface area contributed by atoms with E-state index in [1.807, 2.05) is 24.4 Å². The summed E-state index contributed by atoms with van der Waals surface area (Å²) in [4.78, 5) is 24.2. The highest BCUT2D eigenvalue weighted by atomic mass is 32.1. The molecule has 0 saturated carbocycles. The fourth-order valence-electron chi connectivity index (χ4n) is 1.71. The van der Waals surface area contributed by atoms with E-state index >= 15 is 0 Å². The highest BCUT2D eigenvalue weighted by Crippen LogP contribution is 2.14. The Morgan fingerprint density at radius 3 is 2.79 bits per heavy atom. The average molecular weight is 277 g/mol. The SMILES string of the molecule is CC(NC(=O)CCC(=O)c1cccs1)c1ccco1. The highest BCUT2D eigenvalue weighted by molar-refractivity contribution is 7.12. The van der Waals surface area contributed by atoms with Gasteiger partial charge >= 0.3 is 0 Å². The Balaban J connectivity index is 1.77. The van der Waals surface area contributed by atoms with Gasteiger partial charge in [-0.25, -0.2) is 0 Å². The van der Waals surface area contributed by atoms with Crippen molar-refractivity contribution >= 4 is 23.0 Å². The number of rotatable bonds is 6. The highest BCUT2D eigenvalue weighted by Gasteiger charge is 2.14. The number of nitrogens with one attached hydrogen (secondary N) is 1. The molecule has 1 atom stereocenters. The lowest BCUT2D eigenvalue weighted by Crippen LogP contribution is -2.26. The summed E-state index contributed by atoms with van der Waals surface area (Å²) in [5.41, 5.74) is 0. The van der Waals surface area contributed by atoms with E-state index in [0.29, 0.717) is 10.6 Å². The molecule has 4 nitrogen and oxygen atoms in total. The smallest absolute Gasteiger partial charge is 0.221 e. The zero-order valence-corrected chi connectivity index (χ0v) is 11.4. The minimum Gasteiger partial charge on any atom is -0.467 e. The maximum Gasteiger partial charge on any atom is 0.221 e. The molecule has 0 aliphatic heterocycles. The first-order valence-electron chi connectivity index (χ1n) is 6.06. The van der Waals surface area contributed by atoms with E-state index in [-0.39, 0.29) is 30.6 Å². The van der Waals surface area contributed by atoms with Crippen LogP contribution >= 0.6 is 11.3 Å². The van der Waals surface area contributed by atoms with E-state index < -0.39 is 0 Å². The Labute approximate surface area is 115 Å². The second-order valence-corrected chi connectivity index (χ2v) is 5.15. The van der Waals surface area contributed by atoms with E-state index in [1.54, 1.807) is 18.4 Å². The van der Waals surface area contributed by atoms with Crippen molar-refractivity contribution in [3.63, 3.8) is 0 Å². The van der Waals surface area contributed by atoms with Crippen molar-refractivity contribution in [1.82, 2.24) is 5.32 Å². The number of hydrogen-bond acceptors (Lipinski definition) is 4. The molecule has 0 aromatic carbocycles. The van der Waals surface area contributed by atoms with Crippen LogP contribution < -0.4 is 5.32 Å². The van der Waals surface area contributed by atoms with Crippen LogP contribution in [0.15, 0.2) is 40.3 Å². The van der Waals surface area contributed by atoms with E-state index in [2.05, 4.69) is 5.32 Å². The minimum atomic E-state index is -0.181. The van der Waals surface area contributed by atoms with Gasteiger partial charge in [0.15, 0.2) is 5.78 Å². The van der Waals surface area contributed by atoms with Gasteiger partial charge in [-0.15, -0.1) is 11.3 Å². The third-order valence-electron chi connectivity index (χ3n) is 2.72. The molecule has 0 aliphatic carbocycles. The van der Waals surface area contributed by atoms with Gasteiger partial charge in [0.1, 0.15) is 5.76 Å². The molecule has 1 unspecified atom stereocenters. The first kappa shape index (κ1) is 13.5. The largest absolute Gasteiger partial charge is 0.467 e. The zero-order chi connectivity index (χ0) is 13.7. The minimum absolute atomic E-state index is 0.0100. The summed E-state index contributed by atoms with van der Waals surface area (Å²) < 4.78 is 5.20. The molecule has 0 fully saturated rings. The summed E-state index contributed by atoms with van der Waals surface area (Å²) >= 11 is 1.40. The molecule has 100 valence electrons. The maximum absolute atomic E-state index is 11.7. The monoisotopic (exact) mass is 277 g/mol. The van der Waals surface area contributed by atoms with Crippen LogP contribution in [0.1, 0.15) is 41.2 Å². The van der Waals surface area contributed by atoms with Crippen molar-refractivity contribution in [3.8, 4) is 0 Å². The first-order chi connectivity index (χ1) is 9.16. The van der Waals surface area contributed by atoms with Gasteiger partial charge in [-0.05, 0) is 30.5 Å². The molecule has 2 aromatic heterocycles. The summed E-state index contributed by atoms with van der Waals surface area (Å²) in [5, 5.41) is 4.65. The molecule has 0 saturated heterocycles. The summed E-state index contributed by atoms with van der Waals surface area (Å²) in [5.74, 6) is 0.572. The fraction of sp³-hybridized carbons (Fsp3) is 0.286. The van der Waals surface area contributed by atoms with Gasteiger partial charge in [0.25, 0.3) is 0 Å². The number of amides is 1. The number of thiophene rings is 1. The van der Waals surface area contributed by atoms with Crippen LogP contribution in [-0.2, 0) is 4.79 Å². The van der Waals surface area contributed by atoms with Crippen LogP contribution in [0.4, 0.5) is 0 Å². The van der Waals surface area contributed by atoms with Crippen molar-refractivity contribution < 1.29 is 14.0 Å². The zero-order valence-electron chi connectivity index (χ0n) is 10.6. The second kappa shape index (κ2) is 6.33. The third-order valence-corrected chi connectivity index (χ3v) is 3.63. The lowest BCUT2D eigenvalue weighted by Gasteiger charge is -2.10. The van der Waals surface area contributed by atoms with Gasteiger partial charge in [-0.1, -0.05) is 6.07 Å². The van der Waals surface area contributed by atoms with Gasteiger partial charge in [0, 0.05) is 12.8 Å². The molecule has 2 aromatic rings. The van der Waals surface area contributed by atoms with Crippen LogP contribution in [0.25, 0.3) is 0 Å². The van der Waals surface area contributed by atoms with Gasteiger partial charge < -0.3 is 9.73 Å². The number of furan rings is 1. The number of hydrogen-bond donors (Lipinski definition) is 1. The fourth-order valence-corrected chi connectivity index (χ4v) is 2.40. The van der Waals surface area contributed by atoms with E-state index in [4.69, 9.17) is 4.42 Å². The Morgan fingerprint density at radius 2 is 2.16 bits per heavy atom. The molecule has 1 amide bonds. The van der Waals surface area contributed by atoms with E-state index in [0.717, 1.165) is 0 Å². The molecule has 19 heavy (non-hydrogen) atoms. The number of carbonyl (C=O) groups is 2. The van der Waals surface area contributed by atoms with Crippen LogP contribution in [0.5, 0.6) is 0 Å². The third kappa shape index (κ3) is 3.79. The lowest BCUT2D eigenvalue weighted by atomic mass is 10.1. The van der Waals surface area contributed by atoms with Crippen molar-refractivity contribution in [2.24, 2.45) is 0 Å². The standard InChI is InChI=1S/C14H15NO3S/c1-10(12-4-2-8-18-12)15-14(17)7-6-11(16)13-5-3-9-19-13/h2-5,8-10H,6-7H2,1H3,(H,15,17). The summed E-state index contributed by atoms with van der Waals surface area (Å²) in [6.07, 6.45) is 2.00. The maximum atomic E-state index is 11.7. The quantitative estimate of drug-likeness (QED) is 0.825. The molecule has 2 heterocycles. The van der Waals surface area contributed by atoms with Crippen molar-refractivity contribution in [2.45, 2.75) is 25.8 Å². The molecule has 1 N–H and O–H groups in total. The van der Waals surface area contributed by atoms with Gasteiger partial charge in [0.05, 0.1) is 17.2 Å². The number of carbonyl (C=O) groups excluding carboxylic acids is 2. The molecule has 0 bridgehead atoms. The molecule has 0 radical (unpaired) electrons. The molecule has 0 aliphatic rings. The summed E-state index contributed by atoms with van der Waals surface area (Å²) in [6, 6.07) is 7.01. The van der Waals surface area contributed by atoms with Crippen LogP contribution in [0.3, 0.4) is 0 Å². The van der Waals surface area contributed by atoms with Crippen molar-refractivity contribution in [1.29, 1.82) is 0 Å². The van der Waals surface area contributed by atoms with Gasteiger partial charge in [-0.2, -0.15) is 0 Å². The second-order valence-electron chi connectivity index (χ2n) is 4.21. The average Bonchev–Trinajstić information content (AvgIpc) is 3.07. The summed E-state index contributed by atoms with van der Waals surface area (Å²) in [6.45, 7) is 1.85. The van der Waals surface area contributed by atoms with E-state index in [1.165, 1.54) is 11.3 Å². The van der Waals surface area contributed by atoms with Crippen LogP contribution in [0.2, 0.25) is 0 Å². The Morgan fingerprint density at radius 1 is 1.32 bits per heavy atom. The molecular weight excluding hydrogens is 262 g/mol. The van der Waals surface area contributed by atoms with Crippen LogP contribution in [-0.4, -0.2) is 11.7 Å². The van der Waals surface area contributed by atoms with Crippen molar-refractivity contribution in [3.05, 3.63) is 46.5 Å². The molecule has 2 rings (SSSR count). The molecule has 0 spiro atoms. The normalized spacial score (nSPS) is 12.1. The predicted molar refractivity (Wildman–Crippen MR) is 73.1 cm³/mol. The Kier molecular flexibility index (Phi) is 4.52. The number of ketones is 1. The number of Topliss-reactive ketones (excluding diaryl/α,β-unsaturated/α-hetero) is 1. The Hall–Kier alpha value is -1.88. The van der Waals surface area contributed by atoms with Gasteiger partial charge in [0.2, 0.25) is 5.91 Å². The molecular formula is C14H15NO3S. The topological polar surface area (TPSA) is 59.3 Å². The molecule has 5 heteroatoms. The van der Waals surface area contributed by atoms with Gasteiger partial charge in [-0.3, -0.25) is 9.59 Å². The van der Waals surface area contributed by atoms with E-state index in [9.17, 15) is 9.59 Å². The van der Waals surface area contributed by atoms with Crippen molar-refractivity contribution in [2.75, 3.05) is 0 Å². The predicted octanol–water partition coefficient (Wildman–Crippen LogP) is 3.18. The first-order valence-corrected chi connectivity index (χ1v) is 6.94. The summed E-state index contributed by atoms with van der Waals surface area (Å²) in [7, 11) is 0. The van der Waals surface area contributed by atoms with Crippen LogP contribution in [0, 0.1) is 0 Å².